The number of thiophene rings is 1. The Hall–Kier alpha value is -1.48. The minimum absolute atomic E-state index is 0.923. The molecule has 2 aromatic rings. The lowest BCUT2D eigenvalue weighted by Gasteiger charge is -2.12. The van der Waals surface area contributed by atoms with E-state index < -0.39 is 0 Å². The molecule has 1 aliphatic rings. The molecular formula is C14H16N2S. The van der Waals surface area contributed by atoms with E-state index in [1.807, 2.05) is 0 Å². The Balaban J connectivity index is 1.72. The van der Waals surface area contributed by atoms with Gasteiger partial charge in [-0.2, -0.15) is 0 Å². The van der Waals surface area contributed by atoms with Crippen LogP contribution >= 0.6 is 11.3 Å². The molecule has 0 amide bonds. The van der Waals surface area contributed by atoms with Gasteiger partial charge in [0.2, 0.25) is 0 Å². The molecule has 1 aromatic heterocycles. The summed E-state index contributed by atoms with van der Waals surface area (Å²) in [5.74, 6) is 0. The largest absolute Gasteiger partial charge is 0.380 e. The molecule has 0 saturated heterocycles. The van der Waals surface area contributed by atoms with Gasteiger partial charge in [-0.15, -0.1) is 11.3 Å². The standard InChI is InChI=1S/C14H16N2S/c1-16-7-6-11-9-12(4-5-14(11)16)15-10-13-3-2-8-17-13/h2-5,8-9,15H,6-7,10H2,1H3. The Bertz CT molecular complexity index is 505. The quantitative estimate of drug-likeness (QED) is 0.890. The van der Waals surface area contributed by atoms with Crippen LogP contribution in [0.3, 0.4) is 0 Å². The summed E-state index contributed by atoms with van der Waals surface area (Å²) in [6.07, 6.45) is 1.17. The summed E-state index contributed by atoms with van der Waals surface area (Å²) in [4.78, 5) is 3.70. The van der Waals surface area contributed by atoms with Crippen LogP contribution in [0.5, 0.6) is 0 Å². The van der Waals surface area contributed by atoms with Crippen molar-refractivity contribution in [3.63, 3.8) is 0 Å². The van der Waals surface area contributed by atoms with Crippen molar-refractivity contribution in [1.29, 1.82) is 0 Å². The van der Waals surface area contributed by atoms with Crippen LogP contribution in [0.2, 0.25) is 0 Å². The van der Waals surface area contributed by atoms with Crippen LogP contribution in [0, 0.1) is 0 Å². The number of nitrogens with one attached hydrogen (secondary N) is 1. The van der Waals surface area contributed by atoms with Gasteiger partial charge in [-0.05, 0) is 41.6 Å². The monoisotopic (exact) mass is 244 g/mol. The third-order valence-corrected chi connectivity index (χ3v) is 4.13. The highest BCUT2D eigenvalue weighted by atomic mass is 32.1. The minimum atomic E-state index is 0.923. The van der Waals surface area contributed by atoms with Crippen molar-refractivity contribution in [1.82, 2.24) is 0 Å². The number of hydrogen-bond acceptors (Lipinski definition) is 3. The number of hydrogen-bond donors (Lipinski definition) is 1. The number of nitrogens with zero attached hydrogens (tertiary/aromatic N) is 1. The molecule has 2 heterocycles. The summed E-state index contributed by atoms with van der Waals surface area (Å²) in [6.45, 7) is 2.07. The lowest BCUT2D eigenvalue weighted by Crippen LogP contribution is -2.12. The Morgan fingerprint density at radius 3 is 3.12 bits per heavy atom. The first kappa shape index (κ1) is 10.7. The smallest absolute Gasteiger partial charge is 0.0494 e. The maximum absolute atomic E-state index is 3.48. The molecule has 0 bridgehead atoms. The van der Waals surface area contributed by atoms with E-state index in [2.05, 4.69) is 53.0 Å². The lowest BCUT2D eigenvalue weighted by atomic mass is 10.1. The van der Waals surface area contributed by atoms with Crippen LogP contribution in [0.4, 0.5) is 11.4 Å². The Morgan fingerprint density at radius 2 is 2.29 bits per heavy atom. The number of benzene rings is 1. The summed E-state index contributed by atoms with van der Waals surface area (Å²) in [7, 11) is 2.16. The maximum Gasteiger partial charge on any atom is 0.0494 e. The first-order valence-corrected chi connectivity index (χ1v) is 6.81. The molecule has 0 radical (unpaired) electrons. The molecule has 1 aliphatic heterocycles. The molecule has 1 aromatic carbocycles. The molecular weight excluding hydrogens is 228 g/mol. The predicted molar refractivity (Wildman–Crippen MR) is 75.1 cm³/mol. The number of rotatable bonds is 3. The predicted octanol–water partition coefficient (Wildman–Crippen LogP) is 3.35. The summed E-state index contributed by atoms with van der Waals surface area (Å²) < 4.78 is 0. The van der Waals surface area contributed by atoms with Crippen molar-refractivity contribution >= 4 is 22.7 Å². The van der Waals surface area contributed by atoms with Crippen LogP contribution < -0.4 is 10.2 Å². The van der Waals surface area contributed by atoms with E-state index in [4.69, 9.17) is 0 Å². The SMILES string of the molecule is CN1CCc2cc(NCc3cccs3)ccc21. The lowest BCUT2D eigenvalue weighted by molar-refractivity contribution is 0.956. The fraction of sp³-hybridized carbons (Fsp3) is 0.286. The highest BCUT2D eigenvalue weighted by Crippen LogP contribution is 2.29. The van der Waals surface area contributed by atoms with Gasteiger partial charge in [-0.25, -0.2) is 0 Å². The topological polar surface area (TPSA) is 15.3 Å². The van der Waals surface area contributed by atoms with E-state index in [0.29, 0.717) is 0 Å². The van der Waals surface area contributed by atoms with Gasteiger partial charge in [0.1, 0.15) is 0 Å². The van der Waals surface area contributed by atoms with Gasteiger partial charge in [0, 0.05) is 36.4 Å². The van der Waals surface area contributed by atoms with Gasteiger partial charge >= 0.3 is 0 Å². The maximum atomic E-state index is 3.48. The summed E-state index contributed by atoms with van der Waals surface area (Å²) in [5, 5.41) is 5.60. The summed E-state index contributed by atoms with van der Waals surface area (Å²) in [5.41, 5.74) is 4.07. The molecule has 0 aliphatic carbocycles. The van der Waals surface area contributed by atoms with Gasteiger partial charge in [0.05, 0.1) is 0 Å². The highest BCUT2D eigenvalue weighted by molar-refractivity contribution is 7.09. The molecule has 17 heavy (non-hydrogen) atoms. The zero-order chi connectivity index (χ0) is 11.7. The van der Waals surface area contributed by atoms with Crippen molar-refractivity contribution in [2.24, 2.45) is 0 Å². The third-order valence-electron chi connectivity index (χ3n) is 3.25. The molecule has 0 saturated carbocycles. The number of anilines is 2. The number of likely N-dealkylation sites (N-methyl/N-ethyl adjacent to an activating group) is 1. The van der Waals surface area contributed by atoms with Crippen LogP contribution in [-0.2, 0) is 13.0 Å². The van der Waals surface area contributed by atoms with Gasteiger partial charge in [0.15, 0.2) is 0 Å². The molecule has 0 unspecified atom stereocenters. The van der Waals surface area contributed by atoms with E-state index in [-0.39, 0.29) is 0 Å². The van der Waals surface area contributed by atoms with E-state index in [1.54, 1.807) is 11.3 Å². The van der Waals surface area contributed by atoms with Crippen LogP contribution in [0.1, 0.15) is 10.4 Å². The van der Waals surface area contributed by atoms with E-state index in [0.717, 1.165) is 13.1 Å². The molecule has 88 valence electrons. The average Bonchev–Trinajstić information content (AvgIpc) is 2.97. The summed E-state index contributed by atoms with van der Waals surface area (Å²) in [6, 6.07) is 10.9. The number of fused-ring (bicyclic) bond motifs is 1. The minimum Gasteiger partial charge on any atom is -0.380 e. The van der Waals surface area contributed by atoms with Gasteiger partial charge in [0.25, 0.3) is 0 Å². The van der Waals surface area contributed by atoms with Crippen LogP contribution in [0.15, 0.2) is 35.7 Å². The first-order valence-electron chi connectivity index (χ1n) is 5.93. The Kier molecular flexibility index (Phi) is 2.77. The first-order chi connectivity index (χ1) is 8.33. The van der Waals surface area contributed by atoms with Gasteiger partial charge < -0.3 is 10.2 Å². The Morgan fingerprint density at radius 1 is 1.35 bits per heavy atom. The van der Waals surface area contributed by atoms with E-state index in [1.165, 1.54) is 28.2 Å². The second-order valence-corrected chi connectivity index (χ2v) is 5.48. The van der Waals surface area contributed by atoms with E-state index in [9.17, 15) is 0 Å². The molecule has 0 atom stereocenters. The second-order valence-electron chi connectivity index (χ2n) is 4.45. The molecule has 3 heteroatoms. The molecule has 1 N–H and O–H groups in total. The highest BCUT2D eigenvalue weighted by Gasteiger charge is 2.15. The van der Waals surface area contributed by atoms with Gasteiger partial charge in [-0.3, -0.25) is 0 Å². The Labute approximate surface area is 106 Å². The summed E-state index contributed by atoms with van der Waals surface area (Å²) >= 11 is 1.80. The fourth-order valence-corrected chi connectivity index (χ4v) is 2.92. The average molecular weight is 244 g/mol. The fourth-order valence-electron chi connectivity index (χ4n) is 2.28. The van der Waals surface area contributed by atoms with E-state index >= 15 is 0 Å². The van der Waals surface area contributed by atoms with Gasteiger partial charge in [-0.1, -0.05) is 6.07 Å². The van der Waals surface area contributed by atoms with Crippen LogP contribution in [-0.4, -0.2) is 13.6 Å². The zero-order valence-electron chi connectivity index (χ0n) is 9.94. The zero-order valence-corrected chi connectivity index (χ0v) is 10.8. The molecule has 2 nitrogen and oxygen atoms in total. The van der Waals surface area contributed by atoms with Crippen molar-refractivity contribution in [3.8, 4) is 0 Å². The molecule has 0 spiro atoms. The molecule has 3 rings (SSSR count). The van der Waals surface area contributed by atoms with Crippen molar-refractivity contribution in [3.05, 3.63) is 46.2 Å². The van der Waals surface area contributed by atoms with Crippen LogP contribution in [0.25, 0.3) is 0 Å². The van der Waals surface area contributed by atoms with Crippen molar-refractivity contribution in [2.45, 2.75) is 13.0 Å². The van der Waals surface area contributed by atoms with Crippen molar-refractivity contribution in [2.75, 3.05) is 23.8 Å². The molecule has 0 fully saturated rings. The second kappa shape index (κ2) is 4.41. The van der Waals surface area contributed by atoms with Crippen molar-refractivity contribution < 1.29 is 0 Å². The normalized spacial score (nSPS) is 13.8. The third kappa shape index (κ3) is 2.15.